The summed E-state index contributed by atoms with van der Waals surface area (Å²) in [4.78, 5) is 38.1. The molecule has 0 bridgehead atoms. The highest BCUT2D eigenvalue weighted by Gasteiger charge is 2.32. The first-order valence-corrected chi connectivity index (χ1v) is 11.4. The van der Waals surface area contributed by atoms with Crippen molar-refractivity contribution in [1.29, 1.82) is 0 Å². The largest absolute Gasteiger partial charge is 0.480 e. The van der Waals surface area contributed by atoms with E-state index in [1.807, 2.05) is 24.3 Å². The maximum Gasteiger partial charge on any atom is 0.407 e. The lowest BCUT2D eigenvalue weighted by atomic mass is 9.88. The second kappa shape index (κ2) is 10.7. The Kier molecular flexibility index (Phi) is 7.94. The molecular formula is C26H33N3O5. The van der Waals surface area contributed by atoms with Gasteiger partial charge >= 0.3 is 12.1 Å². The van der Waals surface area contributed by atoms with Crippen LogP contribution in [0.2, 0.25) is 0 Å². The minimum atomic E-state index is -1.09. The summed E-state index contributed by atoms with van der Waals surface area (Å²) < 4.78 is 5.52. The van der Waals surface area contributed by atoms with Crippen LogP contribution in [0.25, 0.3) is 11.1 Å². The Hall–Kier alpha value is -3.39. The molecule has 2 aromatic rings. The summed E-state index contributed by atoms with van der Waals surface area (Å²) in [5, 5.41) is 14.6. The minimum absolute atomic E-state index is 0.0231. The summed E-state index contributed by atoms with van der Waals surface area (Å²) >= 11 is 0. The molecule has 0 saturated heterocycles. The van der Waals surface area contributed by atoms with Gasteiger partial charge in [0.25, 0.3) is 0 Å². The lowest BCUT2D eigenvalue weighted by Gasteiger charge is -2.27. The van der Waals surface area contributed by atoms with Crippen molar-refractivity contribution in [2.45, 2.75) is 32.2 Å². The number of carbonyl (C=O) groups excluding carboxylic acids is 2. The summed E-state index contributed by atoms with van der Waals surface area (Å²) in [6, 6.07) is 15.2. The average molecular weight is 468 g/mol. The number of nitrogens with one attached hydrogen (secondary N) is 2. The zero-order chi connectivity index (χ0) is 24.9. The standard InChI is InChI=1S/C26H33N3O5/c1-26(2,24(32)28-22(23(30)31)15-29(3)4)13-14-27-25(33)34-16-21-19-11-7-5-9-17(19)18-10-6-8-12-20(18)21/h5-12,21-22H,13-16H2,1-4H3,(H,27,33)(H,28,32)(H,30,31)/t22-/m0/s1. The number of likely N-dealkylation sites (N-methyl/N-ethyl adjacent to an activating group) is 1. The molecule has 0 fully saturated rings. The number of carboxylic acid groups (broad SMARTS) is 1. The molecule has 0 aromatic heterocycles. The van der Waals surface area contributed by atoms with Gasteiger partial charge in [0.15, 0.2) is 0 Å². The van der Waals surface area contributed by atoms with Crippen molar-refractivity contribution in [2.75, 3.05) is 33.8 Å². The van der Waals surface area contributed by atoms with Crippen LogP contribution in [0.15, 0.2) is 48.5 Å². The Labute approximate surface area is 200 Å². The molecule has 1 aliphatic carbocycles. The van der Waals surface area contributed by atoms with E-state index in [4.69, 9.17) is 4.74 Å². The Morgan fingerprint density at radius 2 is 1.59 bits per heavy atom. The van der Waals surface area contributed by atoms with Crippen LogP contribution in [0.1, 0.15) is 37.3 Å². The number of hydrogen-bond donors (Lipinski definition) is 3. The number of carbonyl (C=O) groups is 3. The number of ether oxygens (including phenoxy) is 1. The zero-order valence-electron chi connectivity index (χ0n) is 20.1. The van der Waals surface area contributed by atoms with E-state index in [0.717, 1.165) is 22.3 Å². The first-order chi connectivity index (χ1) is 16.1. The van der Waals surface area contributed by atoms with Crippen LogP contribution in [0.5, 0.6) is 0 Å². The van der Waals surface area contributed by atoms with Gasteiger partial charge in [-0.2, -0.15) is 0 Å². The Bertz CT molecular complexity index is 1000. The van der Waals surface area contributed by atoms with Crippen molar-refractivity contribution in [3.8, 4) is 11.1 Å². The molecule has 3 rings (SSSR count). The van der Waals surface area contributed by atoms with Crippen molar-refractivity contribution in [3.63, 3.8) is 0 Å². The number of benzene rings is 2. The molecule has 8 heteroatoms. The predicted molar refractivity (Wildman–Crippen MR) is 130 cm³/mol. The molecule has 2 amide bonds. The molecule has 0 aliphatic heterocycles. The molecule has 34 heavy (non-hydrogen) atoms. The summed E-state index contributed by atoms with van der Waals surface area (Å²) in [5.41, 5.74) is 3.74. The first kappa shape index (κ1) is 25.2. The molecule has 3 N–H and O–H groups in total. The number of nitrogens with zero attached hydrogens (tertiary/aromatic N) is 1. The smallest absolute Gasteiger partial charge is 0.407 e. The van der Waals surface area contributed by atoms with Crippen molar-refractivity contribution in [3.05, 3.63) is 59.7 Å². The Balaban J connectivity index is 1.50. The van der Waals surface area contributed by atoms with E-state index in [0.29, 0.717) is 6.42 Å². The second-order valence-corrected chi connectivity index (χ2v) is 9.51. The highest BCUT2D eigenvalue weighted by molar-refractivity contribution is 5.87. The third kappa shape index (κ3) is 5.94. The number of amides is 2. The molecule has 0 heterocycles. The van der Waals surface area contributed by atoms with Crippen LogP contribution in [-0.2, 0) is 14.3 Å². The summed E-state index contributed by atoms with van der Waals surface area (Å²) in [7, 11) is 3.48. The number of hydrogen-bond acceptors (Lipinski definition) is 5. The van der Waals surface area contributed by atoms with Crippen LogP contribution >= 0.6 is 0 Å². The number of rotatable bonds is 10. The van der Waals surface area contributed by atoms with E-state index >= 15 is 0 Å². The van der Waals surface area contributed by atoms with Gasteiger partial charge in [0, 0.05) is 24.4 Å². The first-order valence-electron chi connectivity index (χ1n) is 11.4. The van der Waals surface area contributed by atoms with Gasteiger partial charge in [0.1, 0.15) is 12.6 Å². The van der Waals surface area contributed by atoms with E-state index in [9.17, 15) is 19.5 Å². The minimum Gasteiger partial charge on any atom is -0.480 e. The quantitative estimate of drug-likeness (QED) is 0.496. The molecule has 0 unspecified atom stereocenters. The summed E-state index contributed by atoms with van der Waals surface area (Å²) in [5.74, 6) is -1.49. The van der Waals surface area contributed by atoms with Crippen LogP contribution in [0.3, 0.4) is 0 Å². The molecule has 182 valence electrons. The molecule has 1 aliphatic rings. The molecule has 0 saturated carbocycles. The molecule has 8 nitrogen and oxygen atoms in total. The highest BCUT2D eigenvalue weighted by Crippen LogP contribution is 2.44. The van der Waals surface area contributed by atoms with Crippen LogP contribution in [0.4, 0.5) is 4.79 Å². The lowest BCUT2D eigenvalue weighted by Crippen LogP contribution is -2.51. The van der Waals surface area contributed by atoms with Gasteiger partial charge in [-0.05, 0) is 42.8 Å². The van der Waals surface area contributed by atoms with Crippen molar-refractivity contribution in [1.82, 2.24) is 15.5 Å². The molecule has 0 spiro atoms. The monoisotopic (exact) mass is 467 g/mol. The zero-order valence-corrected chi connectivity index (χ0v) is 20.1. The maximum atomic E-state index is 12.6. The van der Waals surface area contributed by atoms with E-state index in [2.05, 4.69) is 34.9 Å². The summed E-state index contributed by atoms with van der Waals surface area (Å²) in [6.07, 6.45) is -0.216. The maximum absolute atomic E-state index is 12.6. The fourth-order valence-electron chi connectivity index (χ4n) is 4.14. The van der Waals surface area contributed by atoms with Gasteiger partial charge in [-0.3, -0.25) is 4.79 Å². The van der Waals surface area contributed by atoms with E-state index in [-0.39, 0.29) is 31.5 Å². The van der Waals surface area contributed by atoms with Gasteiger partial charge in [0.2, 0.25) is 5.91 Å². The second-order valence-electron chi connectivity index (χ2n) is 9.51. The summed E-state index contributed by atoms with van der Waals surface area (Å²) in [6.45, 7) is 4.07. The van der Waals surface area contributed by atoms with Crippen LogP contribution < -0.4 is 10.6 Å². The van der Waals surface area contributed by atoms with Gasteiger partial charge in [-0.15, -0.1) is 0 Å². The van der Waals surface area contributed by atoms with Gasteiger partial charge in [-0.25, -0.2) is 9.59 Å². The Morgan fingerprint density at radius 1 is 1.03 bits per heavy atom. The highest BCUT2D eigenvalue weighted by atomic mass is 16.5. The molecule has 1 atom stereocenters. The van der Waals surface area contributed by atoms with Crippen LogP contribution in [0, 0.1) is 5.41 Å². The molecular weight excluding hydrogens is 434 g/mol. The van der Waals surface area contributed by atoms with Gasteiger partial charge < -0.3 is 25.4 Å². The SMILES string of the molecule is CN(C)C[C@H](NC(=O)C(C)(C)CCNC(=O)OCC1c2ccccc2-c2ccccc21)C(=O)O. The topological polar surface area (TPSA) is 108 Å². The van der Waals surface area contributed by atoms with Gasteiger partial charge in [0.05, 0.1) is 0 Å². The lowest BCUT2D eigenvalue weighted by molar-refractivity contribution is -0.144. The van der Waals surface area contributed by atoms with Gasteiger partial charge in [-0.1, -0.05) is 62.4 Å². The fourth-order valence-corrected chi connectivity index (χ4v) is 4.14. The van der Waals surface area contributed by atoms with Crippen LogP contribution in [-0.4, -0.2) is 67.8 Å². The van der Waals surface area contributed by atoms with Crippen molar-refractivity contribution >= 4 is 18.0 Å². The van der Waals surface area contributed by atoms with E-state index in [1.165, 1.54) is 0 Å². The number of alkyl carbamates (subject to hydrolysis) is 1. The number of carboxylic acids is 1. The third-order valence-corrected chi connectivity index (χ3v) is 6.13. The van der Waals surface area contributed by atoms with Crippen molar-refractivity contribution in [2.24, 2.45) is 5.41 Å². The fraction of sp³-hybridized carbons (Fsp3) is 0.423. The Morgan fingerprint density at radius 3 is 2.12 bits per heavy atom. The number of aliphatic carboxylic acids is 1. The third-order valence-electron chi connectivity index (χ3n) is 6.13. The predicted octanol–water partition coefficient (Wildman–Crippen LogP) is 3.07. The number of fused-ring (bicyclic) bond motifs is 3. The average Bonchev–Trinajstić information content (AvgIpc) is 3.10. The van der Waals surface area contributed by atoms with E-state index in [1.54, 1.807) is 32.8 Å². The van der Waals surface area contributed by atoms with E-state index < -0.39 is 23.5 Å². The normalized spacial score (nSPS) is 13.7. The van der Waals surface area contributed by atoms with Crippen molar-refractivity contribution < 1.29 is 24.2 Å². The molecule has 2 aromatic carbocycles. The molecule has 0 radical (unpaired) electrons.